The van der Waals surface area contributed by atoms with Crippen molar-refractivity contribution in [1.82, 2.24) is 9.62 Å². The molecule has 1 aliphatic heterocycles. The van der Waals surface area contributed by atoms with E-state index in [1.807, 2.05) is 11.8 Å². The third-order valence-electron chi connectivity index (χ3n) is 3.45. The second-order valence-electron chi connectivity index (χ2n) is 5.19. The molecule has 0 aliphatic carbocycles. The third-order valence-corrected chi connectivity index (χ3v) is 6.18. The highest BCUT2D eigenvalue weighted by Gasteiger charge is 2.21. The fourth-order valence-corrected chi connectivity index (χ4v) is 4.14. The topological polar surface area (TPSA) is 62.6 Å². The first-order valence-corrected chi connectivity index (χ1v) is 9.39. The van der Waals surface area contributed by atoms with Crippen molar-refractivity contribution in [3.8, 4) is 0 Å². The molecule has 5 nitrogen and oxygen atoms in total. The molecule has 1 aliphatic rings. The van der Waals surface area contributed by atoms with Gasteiger partial charge in [0.15, 0.2) is 0 Å². The quantitative estimate of drug-likeness (QED) is 0.866. The minimum Gasteiger partial charge on any atom is -0.447 e. The smallest absolute Gasteiger partial charge is 0.275 e. The SMILES string of the molecule is CN(C)S(=O)(=O)c1ccc(CNCC2CCSCC2)o1. The number of hydrogen-bond acceptors (Lipinski definition) is 5. The van der Waals surface area contributed by atoms with Gasteiger partial charge in [-0.2, -0.15) is 11.8 Å². The Labute approximate surface area is 125 Å². The monoisotopic (exact) mass is 318 g/mol. The highest BCUT2D eigenvalue weighted by molar-refractivity contribution is 7.99. The van der Waals surface area contributed by atoms with Gasteiger partial charge in [-0.1, -0.05) is 0 Å². The molecule has 0 radical (unpaired) electrons. The number of furan rings is 1. The van der Waals surface area contributed by atoms with Crippen LogP contribution in [0.4, 0.5) is 0 Å². The van der Waals surface area contributed by atoms with Crippen molar-refractivity contribution in [3.63, 3.8) is 0 Å². The van der Waals surface area contributed by atoms with Gasteiger partial charge in [0.1, 0.15) is 5.76 Å². The Kier molecular flexibility index (Phi) is 5.54. The molecule has 1 fully saturated rings. The van der Waals surface area contributed by atoms with Crippen LogP contribution >= 0.6 is 11.8 Å². The summed E-state index contributed by atoms with van der Waals surface area (Å²) < 4.78 is 30.3. The van der Waals surface area contributed by atoms with E-state index in [4.69, 9.17) is 4.42 Å². The maximum absolute atomic E-state index is 11.9. The van der Waals surface area contributed by atoms with E-state index in [0.29, 0.717) is 12.3 Å². The van der Waals surface area contributed by atoms with E-state index in [1.165, 1.54) is 44.5 Å². The van der Waals surface area contributed by atoms with E-state index in [1.54, 1.807) is 6.07 Å². The molecule has 2 heterocycles. The number of sulfonamides is 1. The minimum absolute atomic E-state index is 0.00775. The van der Waals surface area contributed by atoms with Gasteiger partial charge in [-0.15, -0.1) is 0 Å². The van der Waals surface area contributed by atoms with Crippen molar-refractivity contribution < 1.29 is 12.8 Å². The van der Waals surface area contributed by atoms with Crippen molar-refractivity contribution >= 4 is 21.8 Å². The van der Waals surface area contributed by atoms with Crippen molar-refractivity contribution in [2.75, 3.05) is 32.1 Å². The summed E-state index contributed by atoms with van der Waals surface area (Å²) in [7, 11) is -0.472. The summed E-state index contributed by atoms with van der Waals surface area (Å²) >= 11 is 2.02. The minimum atomic E-state index is -3.47. The lowest BCUT2D eigenvalue weighted by molar-refractivity contribution is 0.376. The van der Waals surface area contributed by atoms with Gasteiger partial charge in [-0.25, -0.2) is 12.7 Å². The molecule has 0 spiro atoms. The fourth-order valence-electron chi connectivity index (χ4n) is 2.12. The Morgan fingerprint density at radius 2 is 2.05 bits per heavy atom. The standard InChI is InChI=1S/C13H22N2O3S2/c1-15(2)20(16,17)13-4-3-12(18-13)10-14-9-11-5-7-19-8-6-11/h3-4,11,14H,5-10H2,1-2H3. The van der Waals surface area contributed by atoms with Crippen LogP contribution in [0.25, 0.3) is 0 Å². The summed E-state index contributed by atoms with van der Waals surface area (Å²) in [5, 5.41) is 3.36. The van der Waals surface area contributed by atoms with Gasteiger partial charge in [0.25, 0.3) is 10.0 Å². The van der Waals surface area contributed by atoms with E-state index >= 15 is 0 Å². The van der Waals surface area contributed by atoms with Crippen LogP contribution in [0.2, 0.25) is 0 Å². The molecule has 1 saturated heterocycles. The molecule has 0 unspecified atom stereocenters. The molecule has 7 heteroatoms. The number of nitrogens with zero attached hydrogens (tertiary/aromatic N) is 1. The summed E-state index contributed by atoms with van der Waals surface area (Å²) in [5.41, 5.74) is 0. The first-order chi connectivity index (χ1) is 9.50. The molecule has 114 valence electrons. The first-order valence-electron chi connectivity index (χ1n) is 6.80. The molecule has 1 N–H and O–H groups in total. The molecule has 1 aromatic rings. The molecule has 1 aromatic heterocycles. The first kappa shape index (κ1) is 15.9. The van der Waals surface area contributed by atoms with Gasteiger partial charge >= 0.3 is 0 Å². The van der Waals surface area contributed by atoms with Gasteiger partial charge in [0.2, 0.25) is 5.09 Å². The van der Waals surface area contributed by atoms with Crippen LogP contribution in [0.5, 0.6) is 0 Å². The van der Waals surface area contributed by atoms with Crippen LogP contribution < -0.4 is 5.32 Å². The zero-order valence-electron chi connectivity index (χ0n) is 12.0. The summed E-state index contributed by atoms with van der Waals surface area (Å²) in [6, 6.07) is 3.24. The normalized spacial score (nSPS) is 17.8. The second kappa shape index (κ2) is 6.98. The Hall–Kier alpha value is -0.500. The van der Waals surface area contributed by atoms with Crippen LogP contribution in [0, 0.1) is 5.92 Å². The molecule has 20 heavy (non-hydrogen) atoms. The van der Waals surface area contributed by atoms with E-state index in [9.17, 15) is 8.42 Å². The summed E-state index contributed by atoms with van der Waals surface area (Å²) in [6.07, 6.45) is 2.52. The molecule has 0 aromatic carbocycles. The van der Waals surface area contributed by atoms with Crippen LogP contribution in [0.15, 0.2) is 21.6 Å². The van der Waals surface area contributed by atoms with Crippen molar-refractivity contribution in [2.24, 2.45) is 5.92 Å². The number of rotatable bonds is 6. The van der Waals surface area contributed by atoms with E-state index in [2.05, 4.69) is 5.32 Å². The predicted octanol–water partition coefficient (Wildman–Crippen LogP) is 1.76. The molecule has 0 saturated carbocycles. The maximum atomic E-state index is 11.9. The van der Waals surface area contributed by atoms with E-state index in [0.717, 1.165) is 16.8 Å². The largest absolute Gasteiger partial charge is 0.447 e. The summed E-state index contributed by atoms with van der Waals surface area (Å²) in [4.78, 5) is 0. The van der Waals surface area contributed by atoms with E-state index < -0.39 is 10.0 Å². The zero-order chi connectivity index (χ0) is 14.6. The van der Waals surface area contributed by atoms with Crippen LogP contribution in [0.1, 0.15) is 18.6 Å². The van der Waals surface area contributed by atoms with Crippen LogP contribution in [0.3, 0.4) is 0 Å². The molecule has 0 bridgehead atoms. The molecule has 2 rings (SSSR count). The maximum Gasteiger partial charge on any atom is 0.275 e. The third kappa shape index (κ3) is 4.00. The van der Waals surface area contributed by atoms with Crippen LogP contribution in [-0.4, -0.2) is 44.9 Å². The lowest BCUT2D eigenvalue weighted by Gasteiger charge is -2.21. The van der Waals surface area contributed by atoms with Crippen molar-refractivity contribution in [2.45, 2.75) is 24.5 Å². The highest BCUT2D eigenvalue weighted by atomic mass is 32.2. The summed E-state index contributed by atoms with van der Waals surface area (Å²) in [6.45, 7) is 1.55. The average Bonchev–Trinajstić information content (AvgIpc) is 2.89. The van der Waals surface area contributed by atoms with Gasteiger partial charge in [-0.05, 0) is 48.9 Å². The molecular formula is C13H22N2O3S2. The Balaban J connectivity index is 1.84. The molecule has 0 amide bonds. The van der Waals surface area contributed by atoms with Gasteiger partial charge in [0.05, 0.1) is 6.54 Å². The molecular weight excluding hydrogens is 296 g/mol. The Morgan fingerprint density at radius 3 is 2.70 bits per heavy atom. The van der Waals surface area contributed by atoms with E-state index in [-0.39, 0.29) is 5.09 Å². The average molecular weight is 318 g/mol. The zero-order valence-corrected chi connectivity index (χ0v) is 13.6. The highest BCUT2D eigenvalue weighted by Crippen LogP contribution is 2.22. The fraction of sp³-hybridized carbons (Fsp3) is 0.692. The van der Waals surface area contributed by atoms with Gasteiger partial charge < -0.3 is 9.73 Å². The molecule has 0 atom stereocenters. The number of hydrogen-bond donors (Lipinski definition) is 1. The van der Waals surface area contributed by atoms with Gasteiger partial charge in [0, 0.05) is 14.1 Å². The second-order valence-corrected chi connectivity index (χ2v) is 8.50. The predicted molar refractivity (Wildman–Crippen MR) is 81.3 cm³/mol. The number of thioether (sulfide) groups is 1. The Morgan fingerprint density at radius 1 is 1.35 bits per heavy atom. The summed E-state index contributed by atoms with van der Waals surface area (Å²) in [5.74, 6) is 3.89. The van der Waals surface area contributed by atoms with Crippen LogP contribution in [-0.2, 0) is 16.6 Å². The van der Waals surface area contributed by atoms with Crippen molar-refractivity contribution in [3.05, 3.63) is 17.9 Å². The number of nitrogens with one attached hydrogen (secondary N) is 1. The lowest BCUT2D eigenvalue weighted by atomic mass is 10.0. The van der Waals surface area contributed by atoms with Gasteiger partial charge in [-0.3, -0.25) is 0 Å². The van der Waals surface area contributed by atoms with Crippen molar-refractivity contribution in [1.29, 1.82) is 0 Å². The Bertz CT molecular complexity index is 519. The lowest BCUT2D eigenvalue weighted by Crippen LogP contribution is -2.25.